The maximum atomic E-state index is 12.1. The highest BCUT2D eigenvalue weighted by atomic mass is 35.5. The summed E-state index contributed by atoms with van der Waals surface area (Å²) in [5.41, 5.74) is 0.866. The number of aromatic nitrogens is 2. The zero-order valence-corrected chi connectivity index (χ0v) is 12.2. The summed E-state index contributed by atoms with van der Waals surface area (Å²) in [4.78, 5) is 16.1. The van der Waals surface area contributed by atoms with Crippen LogP contribution in [0.5, 0.6) is 5.75 Å². The molecule has 2 aromatic rings. The first kappa shape index (κ1) is 14.0. The fraction of sp³-hybridized carbons (Fsp3) is 0.231. The summed E-state index contributed by atoms with van der Waals surface area (Å²) < 4.78 is 6.65. The van der Waals surface area contributed by atoms with Crippen molar-refractivity contribution in [3.63, 3.8) is 0 Å². The molecular weight excluding hydrogens is 284 g/mol. The number of halogens is 1. The molecule has 100 valence electrons. The summed E-state index contributed by atoms with van der Waals surface area (Å²) in [5, 5.41) is 0.721. The fourth-order valence-corrected chi connectivity index (χ4v) is 2.40. The molecule has 1 aromatic carbocycles. The largest absolute Gasteiger partial charge is 0.497 e. The monoisotopic (exact) mass is 296 g/mol. The number of hydrogen-bond donors (Lipinski definition) is 0. The summed E-state index contributed by atoms with van der Waals surface area (Å²) in [6, 6.07) is 7.55. The van der Waals surface area contributed by atoms with Gasteiger partial charge in [-0.05, 0) is 24.0 Å². The maximum absolute atomic E-state index is 12.1. The van der Waals surface area contributed by atoms with E-state index < -0.39 is 0 Å². The van der Waals surface area contributed by atoms with E-state index in [2.05, 4.69) is 4.98 Å². The van der Waals surface area contributed by atoms with Gasteiger partial charge in [-0.1, -0.05) is 23.7 Å². The molecule has 1 aromatic heterocycles. The fourth-order valence-electron chi connectivity index (χ4n) is 1.66. The molecular formula is C13H13ClN2O2S. The van der Waals surface area contributed by atoms with Crippen LogP contribution in [0.15, 0.2) is 40.3 Å². The molecule has 0 saturated heterocycles. The Labute approximate surface area is 120 Å². The lowest BCUT2D eigenvalue weighted by molar-refractivity contribution is 0.414. The Hall–Kier alpha value is -1.46. The van der Waals surface area contributed by atoms with Gasteiger partial charge in [0.2, 0.25) is 0 Å². The van der Waals surface area contributed by atoms with Gasteiger partial charge >= 0.3 is 0 Å². The van der Waals surface area contributed by atoms with Crippen LogP contribution in [0.25, 0.3) is 0 Å². The van der Waals surface area contributed by atoms with Crippen LogP contribution in [0.2, 0.25) is 5.15 Å². The van der Waals surface area contributed by atoms with Crippen molar-refractivity contribution >= 4 is 23.4 Å². The quantitative estimate of drug-likeness (QED) is 0.814. The molecule has 0 amide bonds. The molecule has 4 nitrogen and oxygen atoms in total. The Bertz CT molecular complexity index is 626. The lowest BCUT2D eigenvalue weighted by atomic mass is 10.2. The minimum atomic E-state index is -0.132. The van der Waals surface area contributed by atoms with Crippen LogP contribution in [0.4, 0.5) is 0 Å². The number of benzene rings is 1. The number of thioether (sulfide) groups is 1. The topological polar surface area (TPSA) is 44.1 Å². The molecule has 0 aliphatic carbocycles. The minimum absolute atomic E-state index is 0.132. The van der Waals surface area contributed by atoms with E-state index in [0.29, 0.717) is 16.7 Å². The predicted octanol–water partition coefficient (Wildman–Crippen LogP) is 2.68. The van der Waals surface area contributed by atoms with Crippen molar-refractivity contribution in [2.45, 2.75) is 11.6 Å². The van der Waals surface area contributed by atoms with Crippen LogP contribution in [0.3, 0.4) is 0 Å². The van der Waals surface area contributed by atoms with E-state index in [1.165, 1.54) is 11.8 Å². The van der Waals surface area contributed by atoms with E-state index in [1.54, 1.807) is 24.1 Å². The third kappa shape index (κ3) is 3.30. The number of nitrogens with zero attached hydrogens (tertiary/aromatic N) is 2. The van der Waals surface area contributed by atoms with Crippen molar-refractivity contribution in [3.05, 3.63) is 51.5 Å². The van der Waals surface area contributed by atoms with Gasteiger partial charge in [0.25, 0.3) is 5.56 Å². The van der Waals surface area contributed by atoms with Gasteiger partial charge in [-0.25, -0.2) is 4.98 Å². The van der Waals surface area contributed by atoms with E-state index in [-0.39, 0.29) is 5.56 Å². The zero-order chi connectivity index (χ0) is 13.8. The molecule has 0 aliphatic rings. The smallest absolute Gasteiger partial charge is 0.283 e. The molecule has 19 heavy (non-hydrogen) atoms. The average Bonchev–Trinajstić information content (AvgIpc) is 2.43. The van der Waals surface area contributed by atoms with Crippen molar-refractivity contribution in [3.8, 4) is 5.75 Å². The van der Waals surface area contributed by atoms with Crippen molar-refractivity contribution in [1.82, 2.24) is 9.55 Å². The summed E-state index contributed by atoms with van der Waals surface area (Å²) in [5.74, 6) is 0.786. The van der Waals surface area contributed by atoms with Crippen LogP contribution in [0, 0.1) is 0 Å². The van der Waals surface area contributed by atoms with E-state index in [9.17, 15) is 4.79 Å². The zero-order valence-electron chi connectivity index (χ0n) is 10.6. The number of rotatable bonds is 4. The Morgan fingerprint density at radius 1 is 1.37 bits per heavy atom. The van der Waals surface area contributed by atoms with Crippen molar-refractivity contribution in [1.29, 1.82) is 0 Å². The van der Waals surface area contributed by atoms with Gasteiger partial charge in [0, 0.05) is 6.20 Å². The summed E-state index contributed by atoms with van der Waals surface area (Å²) in [6.45, 7) is 0.457. The van der Waals surface area contributed by atoms with Crippen molar-refractivity contribution < 1.29 is 4.74 Å². The van der Waals surface area contributed by atoms with Crippen LogP contribution in [-0.4, -0.2) is 22.9 Å². The molecule has 0 spiro atoms. The van der Waals surface area contributed by atoms with Gasteiger partial charge < -0.3 is 9.30 Å². The third-order valence-electron chi connectivity index (χ3n) is 2.62. The van der Waals surface area contributed by atoms with Crippen molar-refractivity contribution in [2.24, 2.45) is 0 Å². The van der Waals surface area contributed by atoms with E-state index >= 15 is 0 Å². The van der Waals surface area contributed by atoms with Crippen LogP contribution < -0.4 is 10.3 Å². The molecule has 0 radical (unpaired) electrons. The summed E-state index contributed by atoms with van der Waals surface area (Å²) >= 11 is 7.20. The van der Waals surface area contributed by atoms with E-state index in [4.69, 9.17) is 16.3 Å². The second-order valence-electron chi connectivity index (χ2n) is 3.85. The molecule has 2 rings (SSSR count). The molecule has 0 N–H and O–H groups in total. The highest BCUT2D eigenvalue weighted by Crippen LogP contribution is 2.14. The predicted molar refractivity (Wildman–Crippen MR) is 77.4 cm³/mol. The average molecular weight is 297 g/mol. The van der Waals surface area contributed by atoms with E-state index in [1.807, 2.05) is 24.3 Å². The number of hydrogen-bond acceptors (Lipinski definition) is 4. The van der Waals surface area contributed by atoms with Gasteiger partial charge in [0.1, 0.15) is 10.9 Å². The molecule has 6 heteroatoms. The highest BCUT2D eigenvalue weighted by molar-refractivity contribution is 7.98. The first-order valence-electron chi connectivity index (χ1n) is 5.58. The van der Waals surface area contributed by atoms with E-state index in [0.717, 1.165) is 11.3 Å². The van der Waals surface area contributed by atoms with Gasteiger partial charge in [0.05, 0.1) is 13.7 Å². The first-order chi connectivity index (χ1) is 9.13. The minimum Gasteiger partial charge on any atom is -0.497 e. The van der Waals surface area contributed by atoms with Crippen LogP contribution in [0.1, 0.15) is 5.56 Å². The highest BCUT2D eigenvalue weighted by Gasteiger charge is 2.07. The Balaban J connectivity index is 2.32. The number of methoxy groups -OCH3 is 1. The molecule has 0 fully saturated rings. The molecule has 0 unspecified atom stereocenters. The normalized spacial score (nSPS) is 10.5. The van der Waals surface area contributed by atoms with Gasteiger partial charge in [0.15, 0.2) is 5.03 Å². The Morgan fingerprint density at radius 2 is 2.05 bits per heavy atom. The van der Waals surface area contributed by atoms with Crippen LogP contribution in [-0.2, 0) is 6.54 Å². The lowest BCUT2D eigenvalue weighted by Crippen LogP contribution is -2.22. The molecule has 0 saturated carbocycles. The summed E-state index contributed by atoms with van der Waals surface area (Å²) in [6.07, 6.45) is 3.35. The molecule has 0 aliphatic heterocycles. The van der Waals surface area contributed by atoms with Gasteiger partial charge in [-0.3, -0.25) is 4.79 Å². The standard InChI is InChI=1S/C13H13ClN2O2S/c1-18-10-5-3-9(4-6-10)7-16-8-11(14)15-12(19-2)13(16)17/h3-6,8H,7H2,1-2H3. The Kier molecular flexibility index (Phi) is 4.50. The molecule has 0 atom stereocenters. The second-order valence-corrected chi connectivity index (χ2v) is 5.04. The third-order valence-corrected chi connectivity index (χ3v) is 3.45. The Morgan fingerprint density at radius 3 is 2.63 bits per heavy atom. The maximum Gasteiger partial charge on any atom is 0.283 e. The lowest BCUT2D eigenvalue weighted by Gasteiger charge is -2.08. The second kappa shape index (κ2) is 6.12. The van der Waals surface area contributed by atoms with Gasteiger partial charge in [-0.2, -0.15) is 0 Å². The van der Waals surface area contributed by atoms with Crippen molar-refractivity contribution in [2.75, 3.05) is 13.4 Å². The molecule has 1 heterocycles. The number of ether oxygens (including phenoxy) is 1. The SMILES string of the molecule is COc1ccc(Cn2cc(Cl)nc(SC)c2=O)cc1. The first-order valence-corrected chi connectivity index (χ1v) is 7.18. The van der Waals surface area contributed by atoms with Crippen LogP contribution >= 0.6 is 23.4 Å². The van der Waals surface area contributed by atoms with Gasteiger partial charge in [-0.15, -0.1) is 11.8 Å². The molecule has 0 bridgehead atoms. The summed E-state index contributed by atoms with van der Waals surface area (Å²) in [7, 11) is 1.62.